The third-order valence-corrected chi connectivity index (χ3v) is 1.96. The molecular formula is C9H8Br2O2. The van der Waals surface area contributed by atoms with Gasteiger partial charge in [-0.05, 0) is 56.1 Å². The van der Waals surface area contributed by atoms with E-state index in [4.69, 9.17) is 4.74 Å². The minimum Gasteiger partial charge on any atom is -0.507 e. The summed E-state index contributed by atoms with van der Waals surface area (Å²) in [6.07, 6.45) is 1.75. The van der Waals surface area contributed by atoms with Crippen molar-refractivity contribution >= 4 is 37.9 Å². The molecule has 0 spiro atoms. The van der Waals surface area contributed by atoms with Crippen LogP contribution in [-0.4, -0.2) is 12.2 Å². The fourth-order valence-electron chi connectivity index (χ4n) is 0.893. The number of rotatable bonds is 2. The van der Waals surface area contributed by atoms with Crippen molar-refractivity contribution in [2.45, 2.75) is 0 Å². The van der Waals surface area contributed by atoms with Crippen LogP contribution < -0.4 is 4.74 Å². The van der Waals surface area contributed by atoms with Crippen LogP contribution in [0.1, 0.15) is 5.56 Å². The normalized spacial score (nSPS) is 9.46. The first-order valence-electron chi connectivity index (χ1n) is 3.53. The first kappa shape index (κ1) is 10.6. The fraction of sp³-hybridized carbons (Fsp3) is 0.111. The van der Waals surface area contributed by atoms with E-state index in [1.54, 1.807) is 31.4 Å². The smallest absolute Gasteiger partial charge is 0.123 e. The van der Waals surface area contributed by atoms with Gasteiger partial charge in [-0.25, -0.2) is 0 Å². The fourth-order valence-corrected chi connectivity index (χ4v) is 1.39. The van der Waals surface area contributed by atoms with Gasteiger partial charge in [0.2, 0.25) is 0 Å². The number of phenolic OH excluding ortho intramolecular Hbond substituents is 1. The second-order valence-electron chi connectivity index (χ2n) is 2.36. The predicted octanol–water partition coefficient (Wildman–Crippen LogP) is 3.49. The summed E-state index contributed by atoms with van der Waals surface area (Å²) in [6, 6.07) is 5.04. The minimum atomic E-state index is 0.220. The third kappa shape index (κ3) is 3.04. The summed E-state index contributed by atoms with van der Waals surface area (Å²) < 4.78 is 5.79. The molecule has 0 saturated heterocycles. The van der Waals surface area contributed by atoms with Crippen molar-refractivity contribution in [1.29, 1.82) is 0 Å². The van der Waals surface area contributed by atoms with Crippen LogP contribution >= 0.6 is 31.9 Å². The maximum absolute atomic E-state index is 9.44. The van der Waals surface area contributed by atoms with Gasteiger partial charge in [-0.1, -0.05) is 0 Å². The van der Waals surface area contributed by atoms with Gasteiger partial charge in [0, 0.05) is 5.56 Å². The zero-order valence-electron chi connectivity index (χ0n) is 6.92. The third-order valence-electron chi connectivity index (χ3n) is 1.50. The van der Waals surface area contributed by atoms with Gasteiger partial charge < -0.3 is 9.84 Å². The molecule has 0 saturated carbocycles. The molecule has 0 aliphatic heterocycles. The molecule has 0 heterocycles. The van der Waals surface area contributed by atoms with E-state index in [0.717, 1.165) is 3.39 Å². The lowest BCUT2D eigenvalue weighted by Gasteiger charge is -2.03. The van der Waals surface area contributed by atoms with Crippen molar-refractivity contribution in [3.05, 3.63) is 27.2 Å². The molecule has 1 aromatic rings. The number of hydrogen-bond donors (Lipinski definition) is 1. The van der Waals surface area contributed by atoms with Crippen molar-refractivity contribution in [3.63, 3.8) is 0 Å². The van der Waals surface area contributed by atoms with Crippen molar-refractivity contribution in [2.75, 3.05) is 7.11 Å². The molecule has 0 fully saturated rings. The van der Waals surface area contributed by atoms with Gasteiger partial charge in [0.25, 0.3) is 0 Å². The molecule has 0 radical (unpaired) electrons. The number of halogens is 2. The van der Waals surface area contributed by atoms with Crippen molar-refractivity contribution < 1.29 is 9.84 Å². The Hall–Kier alpha value is -0.480. The van der Waals surface area contributed by atoms with Crippen LogP contribution in [0.3, 0.4) is 0 Å². The summed E-state index contributed by atoms with van der Waals surface area (Å²) in [5.74, 6) is 0.933. The molecule has 0 aromatic heterocycles. The lowest BCUT2D eigenvalue weighted by atomic mass is 10.2. The molecule has 0 bridgehead atoms. The van der Waals surface area contributed by atoms with Gasteiger partial charge >= 0.3 is 0 Å². The molecular weight excluding hydrogens is 300 g/mol. The van der Waals surface area contributed by atoms with Crippen LogP contribution in [0, 0.1) is 0 Å². The molecule has 1 rings (SSSR count). The Balaban J connectivity index is 3.11. The van der Waals surface area contributed by atoms with Gasteiger partial charge in [0.15, 0.2) is 0 Å². The van der Waals surface area contributed by atoms with Crippen LogP contribution in [0.4, 0.5) is 0 Å². The summed E-state index contributed by atoms with van der Waals surface area (Å²) >= 11 is 6.44. The van der Waals surface area contributed by atoms with Crippen LogP contribution in [-0.2, 0) is 0 Å². The van der Waals surface area contributed by atoms with E-state index in [2.05, 4.69) is 31.9 Å². The highest BCUT2D eigenvalue weighted by molar-refractivity contribution is 9.28. The molecule has 1 aromatic carbocycles. The monoisotopic (exact) mass is 306 g/mol. The molecule has 0 atom stereocenters. The summed E-state index contributed by atoms with van der Waals surface area (Å²) in [4.78, 5) is 0. The Morgan fingerprint density at radius 1 is 1.46 bits per heavy atom. The highest BCUT2D eigenvalue weighted by Crippen LogP contribution is 2.27. The summed E-state index contributed by atoms with van der Waals surface area (Å²) in [5, 5.41) is 9.44. The number of hydrogen-bond acceptors (Lipinski definition) is 2. The Morgan fingerprint density at radius 3 is 2.69 bits per heavy atom. The van der Waals surface area contributed by atoms with Gasteiger partial charge in [-0.15, -0.1) is 0 Å². The average Bonchev–Trinajstić information content (AvgIpc) is 2.08. The Kier molecular flexibility index (Phi) is 3.81. The quantitative estimate of drug-likeness (QED) is 0.906. The summed E-state index contributed by atoms with van der Waals surface area (Å²) in [5.41, 5.74) is 0.697. The number of phenols is 1. The van der Waals surface area contributed by atoms with E-state index in [9.17, 15) is 5.11 Å². The highest BCUT2D eigenvalue weighted by Gasteiger charge is 2.00. The topological polar surface area (TPSA) is 29.5 Å². The first-order valence-corrected chi connectivity index (χ1v) is 5.12. The average molecular weight is 308 g/mol. The van der Waals surface area contributed by atoms with Crippen molar-refractivity contribution in [3.8, 4) is 11.5 Å². The Bertz CT molecular complexity index is 330. The van der Waals surface area contributed by atoms with Crippen LogP contribution in [0.25, 0.3) is 6.08 Å². The Morgan fingerprint density at radius 2 is 2.15 bits per heavy atom. The molecule has 1 N–H and O–H groups in total. The molecule has 0 amide bonds. The van der Waals surface area contributed by atoms with Crippen molar-refractivity contribution in [2.24, 2.45) is 0 Å². The zero-order chi connectivity index (χ0) is 9.84. The molecule has 0 unspecified atom stereocenters. The van der Waals surface area contributed by atoms with Gasteiger partial charge in [-0.2, -0.15) is 0 Å². The number of methoxy groups -OCH3 is 1. The van der Waals surface area contributed by atoms with Crippen LogP contribution in [0.5, 0.6) is 11.5 Å². The van der Waals surface area contributed by atoms with E-state index >= 15 is 0 Å². The van der Waals surface area contributed by atoms with E-state index in [0.29, 0.717) is 11.3 Å². The highest BCUT2D eigenvalue weighted by atomic mass is 79.9. The standard InChI is InChI=1S/C9H8Br2O2/c1-13-7-2-3-8(12)6(4-7)5-9(10)11/h2-5,12H,1H3. The predicted molar refractivity (Wildman–Crippen MR) is 60.5 cm³/mol. The molecule has 13 heavy (non-hydrogen) atoms. The van der Waals surface area contributed by atoms with Crippen LogP contribution in [0.2, 0.25) is 0 Å². The molecule has 2 nitrogen and oxygen atoms in total. The minimum absolute atomic E-state index is 0.220. The largest absolute Gasteiger partial charge is 0.507 e. The summed E-state index contributed by atoms with van der Waals surface area (Å²) in [7, 11) is 1.59. The SMILES string of the molecule is COc1ccc(O)c(C=C(Br)Br)c1. The molecule has 4 heteroatoms. The van der Waals surface area contributed by atoms with Crippen molar-refractivity contribution in [1.82, 2.24) is 0 Å². The van der Waals surface area contributed by atoms with Crippen LogP contribution in [0.15, 0.2) is 21.6 Å². The molecule has 0 aliphatic rings. The summed E-state index contributed by atoms with van der Waals surface area (Å²) in [6.45, 7) is 0. The second kappa shape index (κ2) is 4.67. The first-order chi connectivity index (χ1) is 6.13. The van der Waals surface area contributed by atoms with Gasteiger partial charge in [-0.3, -0.25) is 0 Å². The number of benzene rings is 1. The van der Waals surface area contributed by atoms with Gasteiger partial charge in [0.05, 0.1) is 10.5 Å². The van der Waals surface area contributed by atoms with E-state index < -0.39 is 0 Å². The number of aromatic hydroxyl groups is 1. The second-order valence-corrected chi connectivity index (χ2v) is 5.13. The van der Waals surface area contributed by atoms with E-state index in [1.807, 2.05) is 0 Å². The molecule has 0 aliphatic carbocycles. The number of ether oxygens (including phenoxy) is 1. The molecule has 70 valence electrons. The Labute approximate surface area is 93.5 Å². The lowest BCUT2D eigenvalue weighted by molar-refractivity contribution is 0.412. The van der Waals surface area contributed by atoms with Gasteiger partial charge in [0.1, 0.15) is 11.5 Å². The maximum atomic E-state index is 9.44. The maximum Gasteiger partial charge on any atom is 0.123 e. The lowest BCUT2D eigenvalue weighted by Crippen LogP contribution is -1.83. The van der Waals surface area contributed by atoms with E-state index in [1.165, 1.54) is 0 Å². The zero-order valence-corrected chi connectivity index (χ0v) is 10.1. The van der Waals surface area contributed by atoms with E-state index in [-0.39, 0.29) is 5.75 Å².